The number of halogens is 1. The van der Waals surface area contributed by atoms with Gasteiger partial charge in [-0.3, -0.25) is 4.79 Å². The quantitative estimate of drug-likeness (QED) is 0.357. The number of amides is 1. The number of ether oxygens (including phenoxy) is 1. The SMILES string of the molecule is CC(C)CN(CC(C)C)S(=O)(=O)c1ccc(C(=O)N2CCC(Oc3nc4c(F)cccc4s3)CC2)cc1. The Morgan fingerprint density at radius 3 is 2.27 bits per heavy atom. The van der Waals surface area contributed by atoms with E-state index in [1.807, 2.05) is 33.8 Å². The zero-order valence-electron chi connectivity index (χ0n) is 21.7. The molecule has 37 heavy (non-hydrogen) atoms. The van der Waals surface area contributed by atoms with Gasteiger partial charge in [0.05, 0.1) is 9.60 Å². The van der Waals surface area contributed by atoms with Crippen molar-refractivity contribution in [1.29, 1.82) is 0 Å². The van der Waals surface area contributed by atoms with E-state index in [0.29, 0.717) is 55.3 Å². The first-order valence-electron chi connectivity index (χ1n) is 12.7. The van der Waals surface area contributed by atoms with Gasteiger partial charge in [-0.15, -0.1) is 0 Å². The van der Waals surface area contributed by atoms with E-state index in [2.05, 4.69) is 4.98 Å². The fraction of sp³-hybridized carbons (Fsp3) is 0.481. The summed E-state index contributed by atoms with van der Waals surface area (Å²) in [5, 5.41) is 0.436. The second kappa shape index (κ2) is 11.4. The molecule has 0 unspecified atom stereocenters. The molecule has 1 aliphatic heterocycles. The van der Waals surface area contributed by atoms with Crippen LogP contribution in [0, 0.1) is 17.7 Å². The first-order chi connectivity index (χ1) is 17.5. The third-order valence-electron chi connectivity index (χ3n) is 6.22. The molecule has 1 fully saturated rings. The van der Waals surface area contributed by atoms with Crippen molar-refractivity contribution in [3.05, 3.63) is 53.8 Å². The summed E-state index contributed by atoms with van der Waals surface area (Å²) >= 11 is 1.31. The standard InChI is InChI=1S/C27H34FN3O4S2/c1-18(2)16-31(17-19(3)4)37(33,34)22-10-8-20(9-11-22)26(32)30-14-12-21(13-15-30)35-27-29-25-23(28)6-5-7-24(25)36-27/h5-11,18-19,21H,12-17H2,1-4H3. The number of rotatable bonds is 9. The fourth-order valence-corrected chi connectivity index (χ4v) is 7.11. The Morgan fingerprint density at radius 2 is 1.70 bits per heavy atom. The zero-order valence-corrected chi connectivity index (χ0v) is 23.3. The molecule has 0 saturated carbocycles. The van der Waals surface area contributed by atoms with Gasteiger partial charge in [-0.2, -0.15) is 9.29 Å². The number of sulfonamides is 1. The summed E-state index contributed by atoms with van der Waals surface area (Å²) in [6, 6.07) is 11.1. The number of aromatic nitrogens is 1. The minimum Gasteiger partial charge on any atom is -0.467 e. The molecular formula is C27H34FN3O4S2. The van der Waals surface area contributed by atoms with Gasteiger partial charge in [0.25, 0.3) is 11.1 Å². The average molecular weight is 548 g/mol. The Morgan fingerprint density at radius 1 is 1.08 bits per heavy atom. The van der Waals surface area contributed by atoms with Crippen molar-refractivity contribution in [2.24, 2.45) is 11.8 Å². The Hall–Kier alpha value is -2.56. The molecule has 1 saturated heterocycles. The van der Waals surface area contributed by atoms with E-state index in [-0.39, 0.29) is 34.6 Å². The van der Waals surface area contributed by atoms with E-state index >= 15 is 0 Å². The summed E-state index contributed by atoms with van der Waals surface area (Å²) in [4.78, 5) is 19.3. The van der Waals surface area contributed by atoms with Crippen LogP contribution in [-0.4, -0.2) is 60.8 Å². The fourth-order valence-electron chi connectivity index (χ4n) is 4.45. The number of carbonyl (C=O) groups excluding carboxylic acids is 1. The number of fused-ring (bicyclic) bond motifs is 1. The molecule has 0 atom stereocenters. The molecule has 0 aliphatic carbocycles. The van der Waals surface area contributed by atoms with Crippen LogP contribution in [0.15, 0.2) is 47.4 Å². The van der Waals surface area contributed by atoms with E-state index in [1.54, 1.807) is 23.1 Å². The molecule has 4 rings (SSSR count). The normalized spacial score (nSPS) is 15.3. The van der Waals surface area contributed by atoms with Gasteiger partial charge < -0.3 is 9.64 Å². The number of benzene rings is 2. The van der Waals surface area contributed by atoms with Crippen LogP contribution in [0.3, 0.4) is 0 Å². The predicted octanol–water partition coefficient (Wildman–Crippen LogP) is 5.42. The summed E-state index contributed by atoms with van der Waals surface area (Å²) in [7, 11) is -3.64. The number of para-hydroxylation sites is 1. The van der Waals surface area contributed by atoms with Crippen LogP contribution in [0.5, 0.6) is 5.19 Å². The molecule has 7 nitrogen and oxygen atoms in total. The van der Waals surface area contributed by atoms with Gasteiger partial charge >= 0.3 is 0 Å². The van der Waals surface area contributed by atoms with Gasteiger partial charge in [0.1, 0.15) is 17.4 Å². The highest BCUT2D eigenvalue weighted by Gasteiger charge is 2.28. The van der Waals surface area contributed by atoms with Crippen LogP contribution in [0.4, 0.5) is 4.39 Å². The van der Waals surface area contributed by atoms with E-state index in [1.165, 1.54) is 33.8 Å². The Bertz CT molecular complexity index is 1320. The Labute approximate surface area is 222 Å². The minimum absolute atomic E-state index is 0.104. The number of hydrogen-bond donors (Lipinski definition) is 0. The van der Waals surface area contributed by atoms with Crippen LogP contribution >= 0.6 is 11.3 Å². The van der Waals surface area contributed by atoms with Crippen molar-refractivity contribution in [2.45, 2.75) is 51.5 Å². The molecule has 200 valence electrons. The summed E-state index contributed by atoms with van der Waals surface area (Å²) < 4.78 is 48.7. The third-order valence-corrected chi connectivity index (χ3v) is 8.98. The third kappa shape index (κ3) is 6.48. The topological polar surface area (TPSA) is 79.8 Å². The van der Waals surface area contributed by atoms with Gasteiger partial charge in [0.15, 0.2) is 0 Å². The van der Waals surface area contributed by atoms with Gasteiger partial charge in [-0.1, -0.05) is 45.1 Å². The molecule has 0 radical (unpaired) electrons. The highest BCUT2D eigenvalue weighted by Crippen LogP contribution is 2.31. The molecule has 2 heterocycles. The smallest absolute Gasteiger partial charge is 0.274 e. The molecule has 2 aromatic carbocycles. The number of thiazole rings is 1. The molecule has 0 spiro atoms. The maximum atomic E-state index is 13.9. The maximum absolute atomic E-state index is 13.9. The highest BCUT2D eigenvalue weighted by atomic mass is 32.2. The van der Waals surface area contributed by atoms with Gasteiger partial charge in [-0.25, -0.2) is 12.8 Å². The molecule has 1 aromatic heterocycles. The Balaban J connectivity index is 1.37. The number of carbonyl (C=O) groups is 1. The summed E-state index contributed by atoms with van der Waals surface area (Å²) in [6.45, 7) is 9.91. The molecule has 10 heteroatoms. The summed E-state index contributed by atoms with van der Waals surface area (Å²) in [6.07, 6.45) is 1.17. The summed E-state index contributed by atoms with van der Waals surface area (Å²) in [5.41, 5.74) is 0.774. The van der Waals surface area contributed by atoms with Crippen LogP contribution in [0.25, 0.3) is 10.2 Å². The molecular weight excluding hydrogens is 513 g/mol. The molecule has 1 amide bonds. The van der Waals surface area contributed by atoms with E-state index in [4.69, 9.17) is 4.74 Å². The highest BCUT2D eigenvalue weighted by molar-refractivity contribution is 7.89. The number of likely N-dealkylation sites (tertiary alicyclic amines) is 1. The maximum Gasteiger partial charge on any atom is 0.274 e. The lowest BCUT2D eigenvalue weighted by Gasteiger charge is -2.31. The second-order valence-corrected chi connectivity index (χ2v) is 13.2. The minimum atomic E-state index is -3.64. The predicted molar refractivity (Wildman–Crippen MR) is 144 cm³/mol. The van der Waals surface area contributed by atoms with Crippen LogP contribution < -0.4 is 4.74 Å². The van der Waals surface area contributed by atoms with Crippen molar-refractivity contribution in [3.63, 3.8) is 0 Å². The molecule has 1 aliphatic rings. The van der Waals surface area contributed by atoms with Crippen molar-refractivity contribution in [1.82, 2.24) is 14.2 Å². The van der Waals surface area contributed by atoms with Crippen LogP contribution in [0.2, 0.25) is 0 Å². The van der Waals surface area contributed by atoms with Crippen LogP contribution in [0.1, 0.15) is 50.9 Å². The van der Waals surface area contributed by atoms with Crippen molar-refractivity contribution in [3.8, 4) is 5.19 Å². The first kappa shape index (κ1) is 27.5. The Kier molecular flexibility index (Phi) is 8.50. The van der Waals surface area contributed by atoms with Gasteiger partial charge in [0, 0.05) is 44.6 Å². The van der Waals surface area contributed by atoms with Crippen LogP contribution in [-0.2, 0) is 10.0 Å². The number of hydrogen-bond acceptors (Lipinski definition) is 6. The van der Waals surface area contributed by atoms with E-state index < -0.39 is 10.0 Å². The zero-order chi connectivity index (χ0) is 26.7. The van der Waals surface area contributed by atoms with Crippen molar-refractivity contribution >= 4 is 37.5 Å². The largest absolute Gasteiger partial charge is 0.467 e. The summed E-state index contributed by atoms with van der Waals surface area (Å²) in [5.74, 6) is -0.0877. The number of nitrogens with zero attached hydrogens (tertiary/aromatic N) is 3. The van der Waals surface area contributed by atoms with E-state index in [0.717, 1.165) is 4.70 Å². The lowest BCUT2D eigenvalue weighted by molar-refractivity contribution is 0.0595. The van der Waals surface area contributed by atoms with Gasteiger partial charge in [-0.05, 0) is 48.2 Å². The molecule has 0 bridgehead atoms. The monoisotopic (exact) mass is 547 g/mol. The first-order valence-corrected chi connectivity index (χ1v) is 14.9. The second-order valence-electron chi connectivity index (χ2n) is 10.3. The number of piperidine rings is 1. The molecule has 3 aromatic rings. The van der Waals surface area contributed by atoms with Gasteiger partial charge in [0.2, 0.25) is 10.0 Å². The lowest BCUT2D eigenvalue weighted by atomic mass is 10.1. The van der Waals surface area contributed by atoms with E-state index in [9.17, 15) is 17.6 Å². The van der Waals surface area contributed by atoms with Crippen molar-refractivity contribution in [2.75, 3.05) is 26.2 Å². The average Bonchev–Trinajstić information content (AvgIpc) is 3.27. The molecule has 0 N–H and O–H groups in total. The van der Waals surface area contributed by atoms with Crippen molar-refractivity contribution < 1.29 is 22.3 Å². The lowest BCUT2D eigenvalue weighted by Crippen LogP contribution is -2.41.